The quantitative estimate of drug-likeness (QED) is 0.655. The van der Waals surface area contributed by atoms with E-state index in [1.165, 1.54) is 4.88 Å². The summed E-state index contributed by atoms with van der Waals surface area (Å²) in [6.07, 6.45) is 3.68. The Morgan fingerprint density at radius 3 is 2.71 bits per heavy atom. The van der Waals surface area contributed by atoms with E-state index < -0.39 is 11.7 Å². The zero-order valence-corrected chi connectivity index (χ0v) is 17.9. The van der Waals surface area contributed by atoms with Crippen molar-refractivity contribution in [1.29, 1.82) is 0 Å². The van der Waals surface area contributed by atoms with Crippen molar-refractivity contribution >= 4 is 27.5 Å². The number of fused-ring (bicyclic) bond motifs is 3. The van der Waals surface area contributed by atoms with Gasteiger partial charge in [-0.1, -0.05) is 6.92 Å². The Morgan fingerprint density at radius 2 is 2.04 bits per heavy atom. The molecule has 0 radical (unpaired) electrons. The molecule has 2 aromatic rings. The highest BCUT2D eigenvalue weighted by atomic mass is 32.1. The monoisotopic (exact) mass is 407 g/mol. The molecule has 1 aliphatic rings. The molecule has 0 amide bonds. The number of thiophene rings is 1. The second-order valence-electron chi connectivity index (χ2n) is 7.82. The summed E-state index contributed by atoms with van der Waals surface area (Å²) in [5, 5.41) is 0.625. The molecular formula is C20H29N3O4S. The first-order valence-electron chi connectivity index (χ1n) is 9.91. The first-order valence-corrected chi connectivity index (χ1v) is 10.7. The summed E-state index contributed by atoms with van der Waals surface area (Å²) in [5.74, 6) is -0.0457. The van der Waals surface area contributed by atoms with Gasteiger partial charge in [-0.05, 0) is 64.7 Å². The van der Waals surface area contributed by atoms with Gasteiger partial charge in [-0.25, -0.2) is 9.36 Å². The van der Waals surface area contributed by atoms with Crippen LogP contribution in [-0.4, -0.2) is 47.3 Å². The third-order valence-corrected chi connectivity index (χ3v) is 6.55. The van der Waals surface area contributed by atoms with Crippen LogP contribution in [0.5, 0.6) is 0 Å². The number of hydrogen-bond donors (Lipinski definition) is 0. The van der Waals surface area contributed by atoms with E-state index in [1.54, 1.807) is 22.8 Å². The molecule has 0 saturated heterocycles. The van der Waals surface area contributed by atoms with E-state index in [1.807, 2.05) is 14.1 Å². The number of ether oxygens (including phenoxy) is 1. The largest absolute Gasteiger partial charge is 0.465 e. The highest BCUT2D eigenvalue weighted by Crippen LogP contribution is 2.36. The van der Waals surface area contributed by atoms with Gasteiger partial charge in [0.05, 0.1) is 12.0 Å². The van der Waals surface area contributed by atoms with E-state index in [0.29, 0.717) is 17.8 Å². The maximum Gasteiger partial charge on any atom is 0.332 e. The molecule has 1 atom stereocenters. The molecule has 0 fully saturated rings. The van der Waals surface area contributed by atoms with Gasteiger partial charge in [0, 0.05) is 11.4 Å². The molecule has 0 spiro atoms. The molecule has 0 bridgehead atoms. The van der Waals surface area contributed by atoms with Crippen molar-refractivity contribution in [3.63, 3.8) is 0 Å². The number of aromatic nitrogens is 2. The van der Waals surface area contributed by atoms with Crippen molar-refractivity contribution in [3.8, 4) is 0 Å². The van der Waals surface area contributed by atoms with Crippen molar-refractivity contribution in [2.45, 2.75) is 52.6 Å². The summed E-state index contributed by atoms with van der Waals surface area (Å²) in [6.45, 7) is 5.14. The Morgan fingerprint density at radius 1 is 1.29 bits per heavy atom. The van der Waals surface area contributed by atoms with E-state index in [-0.39, 0.29) is 18.7 Å². The van der Waals surface area contributed by atoms with Gasteiger partial charge in [0.15, 0.2) is 0 Å². The number of esters is 1. The smallest absolute Gasteiger partial charge is 0.332 e. The lowest BCUT2D eigenvalue weighted by Gasteiger charge is -2.18. The van der Waals surface area contributed by atoms with Crippen molar-refractivity contribution in [2.24, 2.45) is 5.92 Å². The van der Waals surface area contributed by atoms with Gasteiger partial charge < -0.3 is 9.64 Å². The molecule has 0 aliphatic heterocycles. The van der Waals surface area contributed by atoms with Crippen LogP contribution in [0.2, 0.25) is 0 Å². The Balaban J connectivity index is 2.16. The average Bonchev–Trinajstić information content (AvgIpc) is 3.00. The molecule has 0 aromatic carbocycles. The molecular weight excluding hydrogens is 378 g/mol. The second kappa shape index (κ2) is 8.61. The molecule has 1 aliphatic carbocycles. The molecule has 3 rings (SSSR count). The van der Waals surface area contributed by atoms with Crippen LogP contribution in [0.15, 0.2) is 9.59 Å². The maximum atomic E-state index is 13.2. The van der Waals surface area contributed by atoms with Crippen molar-refractivity contribution in [1.82, 2.24) is 14.0 Å². The third-order valence-electron chi connectivity index (χ3n) is 5.23. The summed E-state index contributed by atoms with van der Waals surface area (Å²) in [4.78, 5) is 42.4. The van der Waals surface area contributed by atoms with Crippen LogP contribution >= 0.6 is 11.3 Å². The number of rotatable bonds is 7. The third kappa shape index (κ3) is 4.07. The minimum absolute atomic E-state index is 0.220. The average molecular weight is 408 g/mol. The number of hydrogen-bond acceptors (Lipinski definition) is 6. The SMILES string of the molecule is CCOC(=O)Cn1c(=O)c2c3c(sc2n(CCCN(C)C)c1=O)CC[C@H](C)C3. The topological polar surface area (TPSA) is 73.5 Å². The Labute approximate surface area is 168 Å². The Kier molecular flexibility index (Phi) is 6.40. The molecule has 8 heteroatoms. The van der Waals surface area contributed by atoms with E-state index in [0.717, 1.165) is 47.2 Å². The van der Waals surface area contributed by atoms with Crippen molar-refractivity contribution < 1.29 is 9.53 Å². The van der Waals surface area contributed by atoms with E-state index in [2.05, 4.69) is 11.8 Å². The predicted octanol–water partition coefficient (Wildman–Crippen LogP) is 1.86. The summed E-state index contributed by atoms with van der Waals surface area (Å²) >= 11 is 1.57. The lowest BCUT2D eigenvalue weighted by molar-refractivity contribution is -0.143. The first-order chi connectivity index (χ1) is 13.3. The normalized spacial score (nSPS) is 16.5. The van der Waals surface area contributed by atoms with E-state index >= 15 is 0 Å². The number of nitrogens with zero attached hydrogens (tertiary/aromatic N) is 3. The fourth-order valence-corrected chi connectivity index (χ4v) is 5.18. The van der Waals surface area contributed by atoms with Crippen LogP contribution in [0.4, 0.5) is 0 Å². The predicted molar refractivity (Wildman–Crippen MR) is 111 cm³/mol. The van der Waals surface area contributed by atoms with Gasteiger partial charge in [-0.3, -0.25) is 14.2 Å². The number of carbonyl (C=O) groups is 1. The molecule has 154 valence electrons. The Bertz CT molecular complexity index is 986. The van der Waals surface area contributed by atoms with Crippen molar-refractivity contribution in [3.05, 3.63) is 31.3 Å². The standard InChI is InChI=1S/C20H29N3O4S/c1-5-27-16(24)12-23-18(25)17-14-11-13(2)7-8-15(14)28-19(17)22(20(23)26)10-6-9-21(3)4/h13H,5-12H2,1-4H3/t13-/m0/s1. The second-order valence-corrected chi connectivity index (χ2v) is 8.90. The fourth-order valence-electron chi connectivity index (χ4n) is 3.83. The van der Waals surface area contributed by atoms with Crippen molar-refractivity contribution in [2.75, 3.05) is 27.2 Å². The maximum absolute atomic E-state index is 13.2. The molecule has 0 saturated carbocycles. The summed E-state index contributed by atoms with van der Waals surface area (Å²) in [5.41, 5.74) is 0.294. The minimum atomic E-state index is -0.557. The van der Waals surface area contributed by atoms with Crippen LogP contribution in [0.1, 0.15) is 37.1 Å². The summed E-state index contributed by atoms with van der Waals surface area (Å²) in [6, 6.07) is 0. The highest BCUT2D eigenvalue weighted by Gasteiger charge is 2.26. The van der Waals surface area contributed by atoms with Gasteiger partial charge in [-0.15, -0.1) is 11.3 Å². The van der Waals surface area contributed by atoms with E-state index in [9.17, 15) is 14.4 Å². The molecule has 7 nitrogen and oxygen atoms in total. The summed E-state index contributed by atoms with van der Waals surface area (Å²) in [7, 11) is 3.98. The van der Waals surface area contributed by atoms with Gasteiger partial charge in [-0.2, -0.15) is 0 Å². The zero-order valence-electron chi connectivity index (χ0n) is 17.1. The Hall–Kier alpha value is -1.93. The number of carbonyl (C=O) groups excluding carboxylic acids is 1. The van der Waals surface area contributed by atoms with Crippen LogP contribution < -0.4 is 11.2 Å². The molecule has 0 N–H and O–H groups in total. The van der Waals surface area contributed by atoms with Crippen LogP contribution in [0, 0.1) is 5.92 Å². The lowest BCUT2D eigenvalue weighted by Crippen LogP contribution is -2.42. The van der Waals surface area contributed by atoms with Gasteiger partial charge in [0.2, 0.25) is 0 Å². The minimum Gasteiger partial charge on any atom is -0.465 e. The molecule has 28 heavy (non-hydrogen) atoms. The molecule has 2 aromatic heterocycles. The zero-order chi connectivity index (χ0) is 20.4. The fraction of sp³-hybridized carbons (Fsp3) is 0.650. The van der Waals surface area contributed by atoms with Gasteiger partial charge >= 0.3 is 11.7 Å². The molecule has 2 heterocycles. The van der Waals surface area contributed by atoms with Gasteiger partial charge in [0.1, 0.15) is 11.4 Å². The van der Waals surface area contributed by atoms with Crippen LogP contribution in [0.25, 0.3) is 10.2 Å². The van der Waals surface area contributed by atoms with Crippen LogP contribution in [-0.2, 0) is 35.5 Å². The number of aryl methyl sites for hydroxylation is 2. The van der Waals surface area contributed by atoms with Crippen LogP contribution in [0.3, 0.4) is 0 Å². The highest BCUT2D eigenvalue weighted by molar-refractivity contribution is 7.18. The van der Waals surface area contributed by atoms with E-state index in [4.69, 9.17) is 4.74 Å². The first kappa shape index (κ1) is 20.8. The van der Waals surface area contributed by atoms with Gasteiger partial charge in [0.25, 0.3) is 5.56 Å². The lowest BCUT2D eigenvalue weighted by atomic mass is 9.89. The summed E-state index contributed by atoms with van der Waals surface area (Å²) < 4.78 is 7.73. The molecule has 0 unspecified atom stereocenters.